The molecular weight excluding hydrogens is 210 g/mol. The fourth-order valence-corrected chi connectivity index (χ4v) is 2.58. The number of aromatic nitrogens is 1. The van der Waals surface area contributed by atoms with Crippen LogP contribution in [0.2, 0.25) is 0 Å². The van der Waals surface area contributed by atoms with Crippen LogP contribution in [0.25, 0.3) is 0 Å². The molecule has 1 aromatic rings. The number of nitrogens with one attached hydrogen (secondary N) is 1. The molecule has 0 spiro atoms. The molecule has 1 aliphatic carbocycles. The van der Waals surface area contributed by atoms with Crippen LogP contribution in [0.15, 0.2) is 18.3 Å². The van der Waals surface area contributed by atoms with E-state index in [0.29, 0.717) is 0 Å². The fraction of sp³-hybridized carbons (Fsp3) is 0.643. The summed E-state index contributed by atoms with van der Waals surface area (Å²) in [7, 11) is 0. The van der Waals surface area contributed by atoms with Gasteiger partial charge in [0.1, 0.15) is 5.82 Å². The Labute approximate surface area is 103 Å². The van der Waals surface area contributed by atoms with Gasteiger partial charge >= 0.3 is 0 Å². The molecule has 0 aromatic carbocycles. The van der Waals surface area contributed by atoms with Gasteiger partial charge in [0.2, 0.25) is 0 Å². The third kappa shape index (κ3) is 2.54. The lowest BCUT2D eigenvalue weighted by molar-refractivity contribution is 0.333. The predicted molar refractivity (Wildman–Crippen MR) is 71.5 cm³/mol. The molecule has 1 N–H and O–H groups in total. The van der Waals surface area contributed by atoms with Crippen molar-refractivity contribution in [1.29, 1.82) is 0 Å². The minimum absolute atomic E-state index is 0.897. The first-order valence-electron chi connectivity index (χ1n) is 6.87. The van der Waals surface area contributed by atoms with Crippen molar-refractivity contribution in [2.75, 3.05) is 29.9 Å². The Morgan fingerprint density at radius 2 is 2.00 bits per heavy atom. The summed E-state index contributed by atoms with van der Waals surface area (Å²) >= 11 is 0. The summed E-state index contributed by atoms with van der Waals surface area (Å²) in [5.41, 5.74) is 1.17. The summed E-state index contributed by atoms with van der Waals surface area (Å²) in [6, 6.07) is 4.31. The summed E-state index contributed by atoms with van der Waals surface area (Å²) in [4.78, 5) is 6.92. The molecule has 0 unspecified atom stereocenters. The van der Waals surface area contributed by atoms with E-state index in [-0.39, 0.29) is 0 Å². The second-order valence-corrected chi connectivity index (χ2v) is 5.28. The second kappa shape index (κ2) is 4.94. The molecule has 3 heteroatoms. The van der Waals surface area contributed by atoms with Gasteiger partial charge in [0.25, 0.3) is 0 Å². The Hall–Kier alpha value is -1.25. The molecule has 0 bridgehead atoms. The number of nitrogens with zero attached hydrogens (tertiary/aromatic N) is 2. The monoisotopic (exact) mass is 231 g/mol. The Bertz CT molecular complexity index is 350. The van der Waals surface area contributed by atoms with Crippen LogP contribution in [-0.2, 0) is 0 Å². The van der Waals surface area contributed by atoms with Crippen molar-refractivity contribution >= 4 is 11.5 Å². The number of rotatable bonds is 4. The van der Waals surface area contributed by atoms with Gasteiger partial charge in [0.05, 0.1) is 11.9 Å². The molecule has 3 nitrogen and oxygen atoms in total. The molecule has 3 rings (SSSR count). The van der Waals surface area contributed by atoms with Gasteiger partial charge in [-0.15, -0.1) is 0 Å². The molecule has 17 heavy (non-hydrogen) atoms. The summed E-state index contributed by atoms with van der Waals surface area (Å²) < 4.78 is 0. The predicted octanol–water partition coefficient (Wildman–Crippen LogP) is 2.89. The highest BCUT2D eigenvalue weighted by Crippen LogP contribution is 2.26. The highest BCUT2D eigenvalue weighted by molar-refractivity contribution is 5.49. The van der Waals surface area contributed by atoms with Crippen LogP contribution >= 0.6 is 0 Å². The lowest BCUT2D eigenvalue weighted by atomic mass is 9.85. The Morgan fingerprint density at radius 3 is 2.59 bits per heavy atom. The van der Waals surface area contributed by atoms with Crippen molar-refractivity contribution in [3.63, 3.8) is 0 Å². The van der Waals surface area contributed by atoms with Crippen molar-refractivity contribution in [2.45, 2.75) is 32.1 Å². The number of hydrogen-bond donors (Lipinski definition) is 1. The number of pyridine rings is 1. The minimum Gasteiger partial charge on any atom is -0.384 e. The largest absolute Gasteiger partial charge is 0.384 e. The SMILES string of the molecule is c1cc(N2CCCC2)ncc1NCC1CCC1. The van der Waals surface area contributed by atoms with Gasteiger partial charge in [0, 0.05) is 19.6 Å². The first kappa shape index (κ1) is 10.9. The Kier molecular flexibility index (Phi) is 3.16. The van der Waals surface area contributed by atoms with Crippen molar-refractivity contribution in [1.82, 2.24) is 4.98 Å². The molecule has 2 heterocycles. The normalized spacial score (nSPS) is 20.4. The second-order valence-electron chi connectivity index (χ2n) is 5.28. The van der Waals surface area contributed by atoms with Gasteiger partial charge in [-0.25, -0.2) is 4.98 Å². The van der Waals surface area contributed by atoms with E-state index in [1.165, 1.54) is 50.9 Å². The van der Waals surface area contributed by atoms with Gasteiger partial charge in [-0.05, 0) is 43.7 Å². The van der Waals surface area contributed by atoms with Crippen LogP contribution in [0.4, 0.5) is 11.5 Å². The Balaban J connectivity index is 1.55. The van der Waals surface area contributed by atoms with Gasteiger partial charge < -0.3 is 10.2 Å². The molecule has 1 aromatic heterocycles. The standard InChI is InChI=1S/C14H21N3/c1-2-9-17(8-1)14-7-6-13(11-16-14)15-10-12-4-3-5-12/h6-7,11-12,15H,1-5,8-10H2. The van der Waals surface area contributed by atoms with E-state index < -0.39 is 0 Å². The van der Waals surface area contributed by atoms with Gasteiger partial charge in [0.15, 0.2) is 0 Å². The Morgan fingerprint density at radius 1 is 1.18 bits per heavy atom. The highest BCUT2D eigenvalue weighted by Gasteiger charge is 2.17. The van der Waals surface area contributed by atoms with Crippen LogP contribution in [-0.4, -0.2) is 24.6 Å². The molecule has 2 aliphatic rings. The number of hydrogen-bond acceptors (Lipinski definition) is 3. The average Bonchev–Trinajstić information content (AvgIpc) is 2.81. The molecule has 0 radical (unpaired) electrons. The van der Waals surface area contributed by atoms with Crippen molar-refractivity contribution in [3.05, 3.63) is 18.3 Å². The zero-order valence-electron chi connectivity index (χ0n) is 10.4. The molecule has 0 amide bonds. The topological polar surface area (TPSA) is 28.2 Å². The van der Waals surface area contributed by atoms with E-state index in [2.05, 4.69) is 27.3 Å². The average molecular weight is 231 g/mol. The summed E-state index contributed by atoms with van der Waals surface area (Å²) in [5, 5.41) is 3.48. The molecule has 0 atom stereocenters. The summed E-state index contributed by atoms with van der Waals surface area (Å²) in [6.07, 6.45) is 8.80. The third-order valence-electron chi connectivity index (χ3n) is 4.00. The fourth-order valence-electron chi connectivity index (χ4n) is 2.58. The van der Waals surface area contributed by atoms with Crippen LogP contribution in [0.5, 0.6) is 0 Å². The third-order valence-corrected chi connectivity index (χ3v) is 4.00. The van der Waals surface area contributed by atoms with Crippen LogP contribution in [0.3, 0.4) is 0 Å². The quantitative estimate of drug-likeness (QED) is 0.863. The van der Waals surface area contributed by atoms with Crippen LogP contribution < -0.4 is 10.2 Å². The van der Waals surface area contributed by atoms with E-state index >= 15 is 0 Å². The highest BCUT2D eigenvalue weighted by atomic mass is 15.2. The minimum atomic E-state index is 0.897. The van der Waals surface area contributed by atoms with E-state index in [0.717, 1.165) is 18.3 Å². The molecule has 92 valence electrons. The van der Waals surface area contributed by atoms with E-state index in [9.17, 15) is 0 Å². The van der Waals surface area contributed by atoms with E-state index in [1.54, 1.807) is 0 Å². The lowest BCUT2D eigenvalue weighted by Gasteiger charge is -2.25. The van der Waals surface area contributed by atoms with Gasteiger partial charge in [-0.3, -0.25) is 0 Å². The first-order valence-corrected chi connectivity index (χ1v) is 6.87. The van der Waals surface area contributed by atoms with Gasteiger partial charge in [-0.1, -0.05) is 6.42 Å². The molecule has 1 aliphatic heterocycles. The molecule has 1 saturated carbocycles. The van der Waals surface area contributed by atoms with Crippen molar-refractivity contribution < 1.29 is 0 Å². The maximum absolute atomic E-state index is 4.55. The smallest absolute Gasteiger partial charge is 0.128 e. The van der Waals surface area contributed by atoms with Crippen molar-refractivity contribution in [2.24, 2.45) is 5.92 Å². The van der Waals surface area contributed by atoms with E-state index in [4.69, 9.17) is 0 Å². The zero-order chi connectivity index (χ0) is 11.5. The molecule has 1 saturated heterocycles. The number of anilines is 2. The molecule has 2 fully saturated rings. The molecular formula is C14H21N3. The van der Waals surface area contributed by atoms with E-state index in [1.807, 2.05) is 6.20 Å². The van der Waals surface area contributed by atoms with Crippen LogP contribution in [0.1, 0.15) is 32.1 Å². The van der Waals surface area contributed by atoms with Crippen LogP contribution in [0, 0.1) is 5.92 Å². The van der Waals surface area contributed by atoms with Gasteiger partial charge in [-0.2, -0.15) is 0 Å². The lowest BCUT2D eigenvalue weighted by Crippen LogP contribution is -2.21. The maximum Gasteiger partial charge on any atom is 0.128 e. The summed E-state index contributed by atoms with van der Waals surface area (Å²) in [5.74, 6) is 2.03. The maximum atomic E-state index is 4.55. The first-order chi connectivity index (χ1) is 8.42. The van der Waals surface area contributed by atoms with Crippen molar-refractivity contribution in [3.8, 4) is 0 Å². The zero-order valence-corrected chi connectivity index (χ0v) is 10.4. The summed E-state index contributed by atoms with van der Waals surface area (Å²) in [6.45, 7) is 3.45.